The van der Waals surface area contributed by atoms with Crippen LogP contribution in [0.4, 0.5) is 0 Å². The molecule has 3 N–H and O–H groups in total. The van der Waals surface area contributed by atoms with E-state index in [0.29, 0.717) is 12.6 Å². The number of thiophene rings is 1. The molecule has 0 saturated heterocycles. The molecule has 0 atom stereocenters. The Bertz CT molecular complexity index is 1160. The number of hydrogen-bond donors (Lipinski definition) is 2. The number of aryl methyl sites for hydroxylation is 2. The topological polar surface area (TPSA) is 62.1 Å². The lowest BCUT2D eigenvalue weighted by atomic mass is 9.94. The zero-order valence-corrected chi connectivity index (χ0v) is 22.1. The number of H-pyrrole nitrogens is 1. The highest BCUT2D eigenvalue weighted by Crippen LogP contribution is 2.30. The molecule has 2 aromatic heterocycles. The van der Waals surface area contributed by atoms with E-state index in [4.69, 9.17) is 0 Å². The van der Waals surface area contributed by atoms with Crippen LogP contribution in [0, 0.1) is 6.92 Å². The number of rotatable bonds is 6. The monoisotopic (exact) mass is 489 g/mol. The van der Waals surface area contributed by atoms with Gasteiger partial charge in [0.25, 0.3) is 0 Å². The quantitative estimate of drug-likeness (QED) is 0.279. The first kappa shape index (κ1) is 26.7. The van der Waals surface area contributed by atoms with Gasteiger partial charge in [-0.1, -0.05) is 62.6 Å². The summed E-state index contributed by atoms with van der Waals surface area (Å²) in [6, 6.07) is 21.6. The number of nitrogens with one attached hydrogen (secondary N) is 1. The number of nitrogens with two attached hydrogens (primary N) is 1. The first-order valence-corrected chi connectivity index (χ1v) is 13.5. The zero-order valence-electron chi connectivity index (χ0n) is 21.3. The average Bonchev–Trinajstić information content (AvgIpc) is 3.57. The fraction of sp³-hybridized carbons (Fsp3) is 0.367. The van der Waals surface area contributed by atoms with Crippen LogP contribution in [0.5, 0.6) is 0 Å². The lowest BCUT2D eigenvalue weighted by Gasteiger charge is -2.31. The second-order valence-corrected chi connectivity index (χ2v) is 10.1. The third-order valence-electron chi connectivity index (χ3n) is 6.63. The van der Waals surface area contributed by atoms with E-state index in [1.54, 1.807) is 0 Å². The average molecular weight is 490 g/mol. The zero-order chi connectivity index (χ0) is 25.0. The number of amides is 1. The van der Waals surface area contributed by atoms with Crippen LogP contribution in [-0.4, -0.2) is 29.4 Å². The highest BCUT2D eigenvalue weighted by Gasteiger charge is 2.19. The van der Waals surface area contributed by atoms with Crippen molar-refractivity contribution in [1.29, 1.82) is 0 Å². The smallest absolute Gasteiger partial charge is 0.210 e. The van der Waals surface area contributed by atoms with Crippen LogP contribution in [0.25, 0.3) is 21.3 Å². The van der Waals surface area contributed by atoms with Crippen LogP contribution >= 0.6 is 11.3 Å². The molecule has 2 aromatic carbocycles. The van der Waals surface area contributed by atoms with Crippen molar-refractivity contribution in [2.45, 2.75) is 65.0 Å². The van der Waals surface area contributed by atoms with Crippen molar-refractivity contribution < 1.29 is 4.79 Å². The van der Waals surface area contributed by atoms with Gasteiger partial charge in [0.1, 0.15) is 0 Å². The van der Waals surface area contributed by atoms with Gasteiger partial charge in [-0.05, 0) is 79.6 Å². The Morgan fingerprint density at radius 1 is 1.03 bits per heavy atom. The van der Waals surface area contributed by atoms with E-state index in [2.05, 4.69) is 79.2 Å². The van der Waals surface area contributed by atoms with Crippen LogP contribution in [0.2, 0.25) is 0 Å². The minimum Gasteiger partial charge on any atom is -0.361 e. The predicted molar refractivity (Wildman–Crippen MR) is 151 cm³/mol. The molecule has 1 saturated carbocycles. The van der Waals surface area contributed by atoms with Crippen molar-refractivity contribution in [2.75, 3.05) is 7.05 Å². The summed E-state index contributed by atoms with van der Waals surface area (Å²) >= 11 is 1.90. The number of benzene rings is 2. The second-order valence-electron chi connectivity index (χ2n) is 8.84. The summed E-state index contributed by atoms with van der Waals surface area (Å²) in [5.74, 6) is 0. The predicted octanol–water partition coefficient (Wildman–Crippen LogP) is 7.32. The van der Waals surface area contributed by atoms with Gasteiger partial charge in [-0.25, -0.2) is 0 Å². The van der Waals surface area contributed by atoms with E-state index in [1.807, 2.05) is 28.5 Å². The Balaban J connectivity index is 0.000000207. The van der Waals surface area contributed by atoms with Crippen LogP contribution < -0.4 is 5.73 Å². The van der Waals surface area contributed by atoms with Crippen LogP contribution in [0.3, 0.4) is 0 Å². The van der Waals surface area contributed by atoms with Gasteiger partial charge < -0.3 is 15.6 Å². The lowest BCUT2D eigenvalue weighted by molar-refractivity contribution is -0.121. The first-order valence-electron chi connectivity index (χ1n) is 12.7. The fourth-order valence-corrected chi connectivity index (χ4v) is 6.04. The molecule has 186 valence electrons. The van der Waals surface area contributed by atoms with Crippen LogP contribution in [0.1, 0.15) is 55.0 Å². The van der Waals surface area contributed by atoms with E-state index in [9.17, 15) is 4.79 Å². The van der Waals surface area contributed by atoms with E-state index < -0.39 is 0 Å². The molecule has 0 aliphatic heterocycles. The van der Waals surface area contributed by atoms with Crippen molar-refractivity contribution in [3.63, 3.8) is 0 Å². The van der Waals surface area contributed by atoms with E-state index in [0.717, 1.165) is 31.4 Å². The molecule has 1 aliphatic rings. The molecule has 5 heteroatoms. The minimum atomic E-state index is 0.422. The van der Waals surface area contributed by atoms with Crippen LogP contribution in [0.15, 0.2) is 66.9 Å². The van der Waals surface area contributed by atoms with Crippen molar-refractivity contribution in [1.82, 2.24) is 9.88 Å². The number of carbonyl (C=O) groups is 1. The van der Waals surface area contributed by atoms with E-state index in [1.165, 1.54) is 58.0 Å². The summed E-state index contributed by atoms with van der Waals surface area (Å²) in [6.07, 6.45) is 10.2. The van der Waals surface area contributed by atoms with Gasteiger partial charge >= 0.3 is 0 Å². The number of fused-ring (bicyclic) bond motifs is 1. The molecule has 2 heterocycles. The van der Waals surface area contributed by atoms with Gasteiger partial charge in [0.05, 0.1) is 0 Å². The molecule has 1 aliphatic carbocycles. The van der Waals surface area contributed by atoms with Gasteiger partial charge in [0.15, 0.2) is 0 Å². The molecule has 0 bridgehead atoms. The molecule has 4 aromatic rings. The molecule has 1 fully saturated rings. The summed E-state index contributed by atoms with van der Waals surface area (Å²) < 4.78 is 1.42. The SMILES string of the molecule is CCc1c(C)sc2ccccc12.CN.O=CN(Cc1cccc(-c2ccc[nH]2)c1)C1CCCCC1. The second kappa shape index (κ2) is 13.9. The fourth-order valence-electron chi connectivity index (χ4n) is 4.88. The maximum absolute atomic E-state index is 11.4. The standard InChI is InChI=1S/C18H22N2O.C11H12S.CH5N/c21-14-20(17-8-2-1-3-9-17)13-15-6-4-7-16(12-15)18-10-5-11-19-18;1-3-9-8(2)12-11-7-5-4-6-10(9)11;1-2/h4-7,10-12,14,17,19H,1-3,8-9,13H2;4-7H,3H2,1-2H3;2H2,1H3. The minimum absolute atomic E-state index is 0.422. The number of nitrogens with zero attached hydrogens (tertiary/aromatic N) is 1. The van der Waals surface area contributed by atoms with Crippen molar-refractivity contribution in [3.8, 4) is 11.3 Å². The molecule has 0 unspecified atom stereocenters. The van der Waals surface area contributed by atoms with Gasteiger partial charge in [-0.2, -0.15) is 0 Å². The molecule has 0 spiro atoms. The summed E-state index contributed by atoms with van der Waals surface area (Å²) in [7, 11) is 1.50. The van der Waals surface area contributed by atoms with E-state index in [-0.39, 0.29) is 0 Å². The molecule has 0 radical (unpaired) electrons. The first-order chi connectivity index (χ1) is 17.2. The van der Waals surface area contributed by atoms with E-state index >= 15 is 0 Å². The Morgan fingerprint density at radius 2 is 1.80 bits per heavy atom. The number of carbonyl (C=O) groups excluding carboxylic acids is 1. The number of hydrogen-bond acceptors (Lipinski definition) is 3. The van der Waals surface area contributed by atoms with Crippen molar-refractivity contribution in [2.24, 2.45) is 5.73 Å². The summed E-state index contributed by atoms with van der Waals surface area (Å²) in [5.41, 5.74) is 9.51. The van der Waals surface area contributed by atoms with Gasteiger partial charge in [0.2, 0.25) is 6.41 Å². The number of aromatic nitrogens is 1. The molecule has 35 heavy (non-hydrogen) atoms. The summed E-state index contributed by atoms with van der Waals surface area (Å²) in [6.45, 7) is 5.15. The lowest BCUT2D eigenvalue weighted by Crippen LogP contribution is -2.35. The Hall–Kier alpha value is -2.89. The maximum atomic E-state index is 11.4. The normalized spacial score (nSPS) is 13.4. The highest BCUT2D eigenvalue weighted by molar-refractivity contribution is 7.19. The largest absolute Gasteiger partial charge is 0.361 e. The highest BCUT2D eigenvalue weighted by atomic mass is 32.1. The maximum Gasteiger partial charge on any atom is 0.210 e. The van der Waals surface area contributed by atoms with Gasteiger partial charge in [0, 0.05) is 34.1 Å². The summed E-state index contributed by atoms with van der Waals surface area (Å²) in [4.78, 5) is 18.1. The Morgan fingerprint density at radius 3 is 2.49 bits per heavy atom. The molecule has 1 amide bonds. The van der Waals surface area contributed by atoms with Gasteiger partial charge in [-0.15, -0.1) is 11.3 Å². The van der Waals surface area contributed by atoms with Gasteiger partial charge in [-0.3, -0.25) is 4.79 Å². The molecular weight excluding hydrogens is 450 g/mol. The third-order valence-corrected chi connectivity index (χ3v) is 7.76. The van der Waals surface area contributed by atoms with Crippen molar-refractivity contribution >= 4 is 27.8 Å². The Kier molecular flexibility index (Phi) is 10.6. The Labute approximate surface area is 214 Å². The van der Waals surface area contributed by atoms with Crippen LogP contribution in [-0.2, 0) is 17.8 Å². The molecule has 5 rings (SSSR count). The molecule has 4 nitrogen and oxygen atoms in total. The molecular formula is C30H39N3OS. The number of aromatic amines is 1. The van der Waals surface area contributed by atoms with Crippen molar-refractivity contribution in [3.05, 3.63) is 82.9 Å². The summed E-state index contributed by atoms with van der Waals surface area (Å²) in [5, 5.41) is 1.45. The third kappa shape index (κ3) is 7.06.